The van der Waals surface area contributed by atoms with E-state index in [2.05, 4.69) is 15.0 Å². The van der Waals surface area contributed by atoms with Gasteiger partial charge in [0.25, 0.3) is 0 Å². The van der Waals surface area contributed by atoms with Gasteiger partial charge in [-0.3, -0.25) is 0 Å². The maximum atomic E-state index is 5.59. The van der Waals surface area contributed by atoms with Crippen molar-refractivity contribution < 1.29 is 4.52 Å². The fourth-order valence-electron chi connectivity index (χ4n) is 0.874. The first-order valence-electron chi connectivity index (χ1n) is 4.32. The first-order chi connectivity index (χ1) is 6.09. The number of rotatable bonds is 4. The molecule has 1 heterocycles. The third-order valence-electron chi connectivity index (χ3n) is 1.66. The van der Waals surface area contributed by atoms with Crippen LogP contribution in [0.4, 0.5) is 0 Å². The number of hydrogen-bond donors (Lipinski definition) is 1. The van der Waals surface area contributed by atoms with Crippen molar-refractivity contribution in [1.29, 1.82) is 0 Å². The molecule has 0 bridgehead atoms. The fraction of sp³-hybridized carbons (Fsp3) is 0.750. The highest BCUT2D eigenvalue weighted by molar-refractivity contribution is 4.91. The van der Waals surface area contributed by atoms with E-state index in [1.54, 1.807) is 0 Å². The number of aromatic nitrogens is 2. The summed E-state index contributed by atoms with van der Waals surface area (Å²) in [5.41, 5.74) is 5.59. The molecule has 2 N–H and O–H groups in total. The van der Waals surface area contributed by atoms with E-state index in [9.17, 15) is 0 Å². The van der Waals surface area contributed by atoms with E-state index < -0.39 is 0 Å². The van der Waals surface area contributed by atoms with Gasteiger partial charge in [-0.2, -0.15) is 4.98 Å². The molecule has 74 valence electrons. The summed E-state index contributed by atoms with van der Waals surface area (Å²) >= 11 is 0. The van der Waals surface area contributed by atoms with E-state index in [1.807, 2.05) is 21.0 Å². The minimum Gasteiger partial charge on any atom is -0.339 e. The number of hydrogen-bond acceptors (Lipinski definition) is 5. The maximum Gasteiger partial charge on any atom is 0.227 e. The van der Waals surface area contributed by atoms with Gasteiger partial charge in [-0.05, 0) is 21.0 Å². The largest absolute Gasteiger partial charge is 0.339 e. The molecule has 0 spiro atoms. The molecule has 0 aliphatic rings. The summed E-state index contributed by atoms with van der Waals surface area (Å²) in [5, 5.41) is 3.76. The van der Waals surface area contributed by atoms with Crippen molar-refractivity contribution in [3.05, 3.63) is 11.7 Å². The van der Waals surface area contributed by atoms with E-state index >= 15 is 0 Å². The Morgan fingerprint density at radius 3 is 2.69 bits per heavy atom. The Morgan fingerprint density at radius 2 is 2.23 bits per heavy atom. The SMILES string of the molecule is CC(N)c1noc(CCN(C)C)n1. The van der Waals surface area contributed by atoms with E-state index in [4.69, 9.17) is 10.3 Å². The van der Waals surface area contributed by atoms with Crippen LogP contribution in [0.3, 0.4) is 0 Å². The highest BCUT2D eigenvalue weighted by Gasteiger charge is 2.09. The minimum absolute atomic E-state index is 0.156. The van der Waals surface area contributed by atoms with Crippen molar-refractivity contribution in [2.45, 2.75) is 19.4 Å². The van der Waals surface area contributed by atoms with Crippen LogP contribution in [-0.4, -0.2) is 35.7 Å². The smallest absolute Gasteiger partial charge is 0.227 e. The molecule has 1 atom stereocenters. The number of likely N-dealkylation sites (N-methyl/N-ethyl adjacent to an activating group) is 1. The second-order valence-electron chi connectivity index (χ2n) is 3.39. The quantitative estimate of drug-likeness (QED) is 0.723. The third kappa shape index (κ3) is 3.12. The normalized spacial score (nSPS) is 13.6. The zero-order valence-corrected chi connectivity index (χ0v) is 8.32. The summed E-state index contributed by atoms with van der Waals surface area (Å²) in [6.45, 7) is 2.74. The van der Waals surface area contributed by atoms with Gasteiger partial charge in [0, 0.05) is 13.0 Å². The lowest BCUT2D eigenvalue weighted by atomic mass is 10.3. The zero-order chi connectivity index (χ0) is 9.84. The van der Waals surface area contributed by atoms with Crippen molar-refractivity contribution in [3.8, 4) is 0 Å². The molecule has 1 aromatic heterocycles. The average molecular weight is 184 g/mol. The molecule has 0 saturated heterocycles. The Morgan fingerprint density at radius 1 is 1.54 bits per heavy atom. The molecular weight excluding hydrogens is 168 g/mol. The summed E-state index contributed by atoms with van der Waals surface area (Å²) in [6.07, 6.45) is 0.771. The molecule has 0 radical (unpaired) electrons. The van der Waals surface area contributed by atoms with Crippen LogP contribution in [-0.2, 0) is 6.42 Å². The topological polar surface area (TPSA) is 68.2 Å². The standard InChI is InChI=1S/C8H16N4O/c1-6(9)8-10-7(13-11-8)4-5-12(2)3/h6H,4-5,9H2,1-3H3. The van der Waals surface area contributed by atoms with Gasteiger partial charge in [0.1, 0.15) is 0 Å². The minimum atomic E-state index is -0.156. The molecule has 5 nitrogen and oxygen atoms in total. The van der Waals surface area contributed by atoms with Crippen LogP contribution in [0.15, 0.2) is 4.52 Å². The van der Waals surface area contributed by atoms with Crippen molar-refractivity contribution in [2.24, 2.45) is 5.73 Å². The van der Waals surface area contributed by atoms with Crippen LogP contribution in [0.2, 0.25) is 0 Å². The van der Waals surface area contributed by atoms with Gasteiger partial charge < -0.3 is 15.2 Å². The molecule has 1 aromatic rings. The van der Waals surface area contributed by atoms with Crippen molar-refractivity contribution in [2.75, 3.05) is 20.6 Å². The van der Waals surface area contributed by atoms with E-state index in [0.29, 0.717) is 11.7 Å². The first-order valence-corrected chi connectivity index (χ1v) is 4.32. The molecule has 0 aliphatic carbocycles. The van der Waals surface area contributed by atoms with Gasteiger partial charge in [-0.25, -0.2) is 0 Å². The predicted octanol–water partition coefficient (Wildman–Crippen LogP) is 0.193. The lowest BCUT2D eigenvalue weighted by Gasteiger charge is -2.05. The van der Waals surface area contributed by atoms with Gasteiger partial charge in [0.05, 0.1) is 6.04 Å². The molecule has 5 heteroatoms. The Bertz CT molecular complexity index is 256. The second-order valence-corrected chi connectivity index (χ2v) is 3.39. The molecule has 0 aromatic carbocycles. The Labute approximate surface area is 77.9 Å². The average Bonchev–Trinajstić information content (AvgIpc) is 2.48. The number of nitrogens with two attached hydrogens (primary N) is 1. The fourth-order valence-corrected chi connectivity index (χ4v) is 0.874. The number of nitrogens with zero attached hydrogens (tertiary/aromatic N) is 3. The van der Waals surface area contributed by atoms with Crippen LogP contribution >= 0.6 is 0 Å². The Kier molecular flexibility index (Phi) is 3.39. The first kappa shape index (κ1) is 10.1. The van der Waals surface area contributed by atoms with E-state index in [1.165, 1.54) is 0 Å². The summed E-state index contributed by atoms with van der Waals surface area (Å²) < 4.78 is 5.01. The Hall–Kier alpha value is -0.940. The van der Waals surface area contributed by atoms with Gasteiger partial charge in [-0.1, -0.05) is 5.16 Å². The zero-order valence-electron chi connectivity index (χ0n) is 8.32. The molecule has 0 aliphatic heterocycles. The summed E-state index contributed by atoms with van der Waals surface area (Å²) in [6, 6.07) is -0.156. The molecule has 0 saturated carbocycles. The van der Waals surface area contributed by atoms with Gasteiger partial charge in [0.2, 0.25) is 5.89 Å². The van der Waals surface area contributed by atoms with Crippen LogP contribution < -0.4 is 5.73 Å². The van der Waals surface area contributed by atoms with E-state index in [-0.39, 0.29) is 6.04 Å². The molecule has 13 heavy (non-hydrogen) atoms. The highest BCUT2D eigenvalue weighted by Crippen LogP contribution is 2.05. The Balaban J connectivity index is 2.49. The summed E-state index contributed by atoms with van der Waals surface area (Å²) in [4.78, 5) is 6.22. The molecule has 0 fully saturated rings. The van der Waals surface area contributed by atoms with Gasteiger partial charge >= 0.3 is 0 Å². The maximum absolute atomic E-state index is 5.59. The molecular formula is C8H16N4O. The molecule has 1 rings (SSSR count). The summed E-state index contributed by atoms with van der Waals surface area (Å²) in [5.74, 6) is 1.23. The third-order valence-corrected chi connectivity index (χ3v) is 1.66. The molecule has 0 amide bonds. The van der Waals surface area contributed by atoms with Crippen molar-refractivity contribution >= 4 is 0 Å². The monoisotopic (exact) mass is 184 g/mol. The summed E-state index contributed by atoms with van der Waals surface area (Å²) in [7, 11) is 4.01. The van der Waals surface area contributed by atoms with Crippen molar-refractivity contribution in [3.63, 3.8) is 0 Å². The highest BCUT2D eigenvalue weighted by atomic mass is 16.5. The van der Waals surface area contributed by atoms with Crippen molar-refractivity contribution in [1.82, 2.24) is 15.0 Å². The van der Waals surface area contributed by atoms with Crippen LogP contribution in [0.5, 0.6) is 0 Å². The lowest BCUT2D eigenvalue weighted by Crippen LogP contribution is -2.15. The van der Waals surface area contributed by atoms with E-state index in [0.717, 1.165) is 13.0 Å². The predicted molar refractivity (Wildman–Crippen MR) is 49.2 cm³/mol. The van der Waals surface area contributed by atoms with Crippen LogP contribution in [0.25, 0.3) is 0 Å². The second kappa shape index (κ2) is 4.34. The molecule has 1 unspecified atom stereocenters. The van der Waals surface area contributed by atoms with Crippen LogP contribution in [0, 0.1) is 0 Å². The van der Waals surface area contributed by atoms with Gasteiger partial charge in [-0.15, -0.1) is 0 Å². The van der Waals surface area contributed by atoms with Gasteiger partial charge in [0.15, 0.2) is 5.82 Å². The van der Waals surface area contributed by atoms with Crippen LogP contribution in [0.1, 0.15) is 24.7 Å². The lowest BCUT2D eigenvalue weighted by molar-refractivity contribution is 0.341.